The van der Waals surface area contributed by atoms with Gasteiger partial charge in [0.1, 0.15) is 11.6 Å². The SMILES string of the molecule is Cc1ncc(-c2ccc3cnc(CC(=O)C4CCN(CC5(C)COC5)CC4)cc3c2)n1C. The molecule has 0 saturated carbocycles. The lowest BCUT2D eigenvalue weighted by Gasteiger charge is -2.43. The first-order valence-electron chi connectivity index (χ1n) is 11.6. The second-order valence-electron chi connectivity index (χ2n) is 9.98. The smallest absolute Gasteiger partial charge is 0.142 e. The van der Waals surface area contributed by atoms with Gasteiger partial charge in [-0.25, -0.2) is 4.98 Å². The van der Waals surface area contributed by atoms with Crippen LogP contribution < -0.4 is 0 Å². The van der Waals surface area contributed by atoms with Crippen molar-refractivity contribution in [1.82, 2.24) is 19.4 Å². The van der Waals surface area contributed by atoms with E-state index in [2.05, 4.69) is 50.6 Å². The Morgan fingerprint density at radius 2 is 1.91 bits per heavy atom. The molecule has 3 aromatic rings. The van der Waals surface area contributed by atoms with Crippen molar-refractivity contribution in [3.63, 3.8) is 0 Å². The van der Waals surface area contributed by atoms with E-state index in [4.69, 9.17) is 4.74 Å². The van der Waals surface area contributed by atoms with E-state index in [-0.39, 0.29) is 5.92 Å². The highest BCUT2D eigenvalue weighted by Crippen LogP contribution is 2.30. The summed E-state index contributed by atoms with van der Waals surface area (Å²) in [5.41, 5.74) is 3.39. The monoisotopic (exact) mass is 432 g/mol. The first-order chi connectivity index (χ1) is 15.4. The average molecular weight is 433 g/mol. The van der Waals surface area contributed by atoms with Gasteiger partial charge in [0.15, 0.2) is 0 Å². The van der Waals surface area contributed by atoms with E-state index in [1.165, 1.54) is 0 Å². The van der Waals surface area contributed by atoms with Crippen LogP contribution in [0, 0.1) is 18.3 Å². The fourth-order valence-electron chi connectivity index (χ4n) is 5.03. The lowest BCUT2D eigenvalue weighted by molar-refractivity contribution is -0.127. The van der Waals surface area contributed by atoms with Gasteiger partial charge in [0.25, 0.3) is 0 Å². The maximum Gasteiger partial charge on any atom is 0.142 e. The maximum absolute atomic E-state index is 13.0. The predicted octanol–water partition coefficient (Wildman–Crippen LogP) is 3.80. The molecule has 0 radical (unpaired) electrons. The highest BCUT2D eigenvalue weighted by Gasteiger charge is 2.36. The fraction of sp³-hybridized carbons (Fsp3) is 0.500. The zero-order chi connectivity index (χ0) is 22.3. The largest absolute Gasteiger partial charge is 0.380 e. The van der Waals surface area contributed by atoms with Crippen LogP contribution in [0.5, 0.6) is 0 Å². The third-order valence-electron chi connectivity index (χ3n) is 7.20. The average Bonchev–Trinajstić information content (AvgIpc) is 3.11. The Balaban J connectivity index is 1.25. The van der Waals surface area contributed by atoms with E-state index in [1.807, 2.05) is 26.4 Å². The fourth-order valence-corrected chi connectivity index (χ4v) is 5.03. The molecular weight excluding hydrogens is 400 g/mol. The molecule has 168 valence electrons. The standard InChI is InChI=1S/C26H32N4O2/c1-18-27-14-24(29(18)3)20-4-5-21-13-28-23(11-22(21)10-20)12-25(31)19-6-8-30(9-7-19)15-26(2)16-32-17-26/h4-5,10-11,13-14,19H,6-9,12,15-17H2,1-3H3. The van der Waals surface area contributed by atoms with Crippen LogP contribution in [-0.4, -0.2) is 58.1 Å². The summed E-state index contributed by atoms with van der Waals surface area (Å²) in [4.78, 5) is 24.5. The number of fused-ring (bicyclic) bond motifs is 1. The normalized spacial score (nSPS) is 19.2. The van der Waals surface area contributed by atoms with Crippen LogP contribution in [0.3, 0.4) is 0 Å². The van der Waals surface area contributed by atoms with E-state index >= 15 is 0 Å². The number of ether oxygens (including phenoxy) is 1. The number of benzene rings is 1. The first kappa shape index (κ1) is 21.3. The second kappa shape index (κ2) is 8.41. The highest BCUT2D eigenvalue weighted by molar-refractivity contribution is 5.88. The number of carbonyl (C=O) groups excluding carboxylic acids is 1. The van der Waals surface area contributed by atoms with Crippen molar-refractivity contribution < 1.29 is 9.53 Å². The molecule has 0 amide bonds. The Morgan fingerprint density at radius 1 is 1.12 bits per heavy atom. The highest BCUT2D eigenvalue weighted by atomic mass is 16.5. The second-order valence-corrected chi connectivity index (χ2v) is 9.98. The Labute approximate surface area is 189 Å². The summed E-state index contributed by atoms with van der Waals surface area (Å²) in [6.07, 6.45) is 6.12. The van der Waals surface area contributed by atoms with Gasteiger partial charge in [-0.1, -0.05) is 19.1 Å². The van der Waals surface area contributed by atoms with Crippen LogP contribution >= 0.6 is 0 Å². The Hall–Kier alpha value is -2.57. The molecule has 2 aromatic heterocycles. The number of piperidine rings is 1. The molecule has 0 bridgehead atoms. The third kappa shape index (κ3) is 4.21. The molecule has 5 rings (SSSR count). The van der Waals surface area contributed by atoms with Crippen LogP contribution in [0.4, 0.5) is 0 Å². The van der Waals surface area contributed by atoms with Gasteiger partial charge in [-0.2, -0.15) is 0 Å². The molecule has 6 nitrogen and oxygen atoms in total. The number of aryl methyl sites for hydroxylation is 1. The van der Waals surface area contributed by atoms with Gasteiger partial charge in [0, 0.05) is 54.2 Å². The van der Waals surface area contributed by atoms with E-state index in [9.17, 15) is 4.79 Å². The minimum Gasteiger partial charge on any atom is -0.380 e. The van der Waals surface area contributed by atoms with Crippen LogP contribution in [0.15, 0.2) is 36.7 Å². The third-order valence-corrected chi connectivity index (χ3v) is 7.20. The maximum atomic E-state index is 13.0. The van der Waals surface area contributed by atoms with Gasteiger partial charge in [-0.3, -0.25) is 9.78 Å². The van der Waals surface area contributed by atoms with Crippen LogP contribution in [0.25, 0.3) is 22.0 Å². The molecule has 0 aliphatic carbocycles. The van der Waals surface area contributed by atoms with Crippen molar-refractivity contribution in [1.29, 1.82) is 0 Å². The number of carbonyl (C=O) groups is 1. The molecule has 2 aliphatic rings. The molecule has 0 unspecified atom stereocenters. The number of Topliss-reactive ketones (excluding diaryl/α,β-unsaturated/α-hetero) is 1. The van der Waals surface area contributed by atoms with Crippen molar-refractivity contribution >= 4 is 16.6 Å². The number of imidazole rings is 1. The lowest BCUT2D eigenvalue weighted by Crippen LogP contribution is -2.50. The van der Waals surface area contributed by atoms with E-state index < -0.39 is 0 Å². The number of hydrogen-bond donors (Lipinski definition) is 0. The van der Waals surface area contributed by atoms with Crippen molar-refractivity contribution in [2.75, 3.05) is 32.8 Å². The van der Waals surface area contributed by atoms with E-state index in [0.29, 0.717) is 17.6 Å². The van der Waals surface area contributed by atoms with E-state index in [0.717, 1.165) is 79.2 Å². The molecule has 1 aromatic carbocycles. The Kier molecular flexibility index (Phi) is 5.59. The topological polar surface area (TPSA) is 60.3 Å². The number of aromatic nitrogens is 3. The number of pyridine rings is 1. The van der Waals surface area contributed by atoms with Crippen molar-refractivity contribution in [3.8, 4) is 11.3 Å². The van der Waals surface area contributed by atoms with Crippen LogP contribution in [0.1, 0.15) is 31.3 Å². The number of hydrogen-bond acceptors (Lipinski definition) is 5. The van der Waals surface area contributed by atoms with Crippen molar-refractivity contribution in [2.45, 2.75) is 33.1 Å². The summed E-state index contributed by atoms with van der Waals surface area (Å²) in [6.45, 7) is 9.11. The lowest BCUT2D eigenvalue weighted by atomic mass is 9.85. The minimum atomic E-state index is 0.151. The van der Waals surface area contributed by atoms with Gasteiger partial charge in [0.05, 0.1) is 25.1 Å². The zero-order valence-electron chi connectivity index (χ0n) is 19.3. The summed E-state index contributed by atoms with van der Waals surface area (Å²) < 4.78 is 7.48. The summed E-state index contributed by atoms with van der Waals surface area (Å²) in [5, 5.41) is 2.20. The number of likely N-dealkylation sites (tertiary alicyclic amines) is 1. The Bertz CT molecular complexity index is 1140. The molecular formula is C26H32N4O2. The van der Waals surface area contributed by atoms with Gasteiger partial charge >= 0.3 is 0 Å². The van der Waals surface area contributed by atoms with Gasteiger partial charge in [-0.15, -0.1) is 0 Å². The molecule has 0 spiro atoms. The van der Waals surface area contributed by atoms with Gasteiger partial charge in [0.2, 0.25) is 0 Å². The molecule has 6 heteroatoms. The van der Waals surface area contributed by atoms with Gasteiger partial charge in [-0.05, 0) is 50.4 Å². The van der Waals surface area contributed by atoms with Crippen LogP contribution in [0.2, 0.25) is 0 Å². The Morgan fingerprint density at radius 3 is 2.56 bits per heavy atom. The molecule has 4 heterocycles. The molecule has 2 saturated heterocycles. The van der Waals surface area contributed by atoms with E-state index in [1.54, 1.807) is 0 Å². The number of ketones is 1. The number of rotatable bonds is 6. The quantitative estimate of drug-likeness (QED) is 0.593. The zero-order valence-corrected chi connectivity index (χ0v) is 19.3. The molecule has 0 atom stereocenters. The first-order valence-corrected chi connectivity index (χ1v) is 11.6. The number of nitrogens with zero attached hydrogens (tertiary/aromatic N) is 4. The molecule has 0 N–H and O–H groups in total. The summed E-state index contributed by atoms with van der Waals surface area (Å²) in [6, 6.07) is 8.45. The summed E-state index contributed by atoms with van der Waals surface area (Å²) in [5.74, 6) is 1.47. The van der Waals surface area contributed by atoms with Crippen LogP contribution in [-0.2, 0) is 23.0 Å². The molecule has 2 fully saturated rings. The van der Waals surface area contributed by atoms with Crippen molar-refractivity contribution in [3.05, 3.63) is 48.2 Å². The predicted molar refractivity (Wildman–Crippen MR) is 125 cm³/mol. The minimum absolute atomic E-state index is 0.151. The summed E-state index contributed by atoms with van der Waals surface area (Å²) in [7, 11) is 2.03. The molecule has 32 heavy (non-hydrogen) atoms. The van der Waals surface area contributed by atoms with Crippen molar-refractivity contribution in [2.24, 2.45) is 18.4 Å². The molecule has 2 aliphatic heterocycles. The van der Waals surface area contributed by atoms with Gasteiger partial charge < -0.3 is 14.2 Å². The summed E-state index contributed by atoms with van der Waals surface area (Å²) >= 11 is 0.